The van der Waals surface area contributed by atoms with Crippen molar-refractivity contribution in [2.45, 2.75) is 19.4 Å². The molecule has 1 unspecified atom stereocenters. The number of nitrogens with one attached hydrogen (secondary N) is 2. The van der Waals surface area contributed by atoms with E-state index >= 15 is 0 Å². The summed E-state index contributed by atoms with van der Waals surface area (Å²) < 4.78 is 0. The maximum atomic E-state index is 11.1. The number of nitrogens with zero attached hydrogens (tertiary/aromatic N) is 1. The second-order valence-electron chi connectivity index (χ2n) is 4.58. The third-order valence-corrected chi connectivity index (χ3v) is 2.99. The average Bonchev–Trinajstić information content (AvgIpc) is 2.38. The molecule has 0 saturated heterocycles. The van der Waals surface area contributed by atoms with Gasteiger partial charge in [-0.1, -0.05) is 12.1 Å². The number of anilines is 1. The van der Waals surface area contributed by atoms with Crippen LogP contribution in [0.3, 0.4) is 0 Å². The van der Waals surface area contributed by atoms with E-state index in [-0.39, 0.29) is 11.9 Å². The number of amides is 1. The lowest BCUT2D eigenvalue weighted by Gasteiger charge is -2.16. The fraction of sp³-hybridized carbons (Fsp3) is 0.500. The highest BCUT2D eigenvalue weighted by Gasteiger charge is 2.06. The van der Waals surface area contributed by atoms with Crippen molar-refractivity contribution in [1.82, 2.24) is 10.6 Å². The van der Waals surface area contributed by atoms with Gasteiger partial charge in [-0.25, -0.2) is 0 Å². The molecular weight excluding hydrogens is 226 g/mol. The molecule has 0 heterocycles. The number of carbonyl (C=O) groups is 1. The predicted octanol–water partition coefficient (Wildman–Crippen LogP) is 1.54. The van der Waals surface area contributed by atoms with Crippen LogP contribution < -0.4 is 15.5 Å². The van der Waals surface area contributed by atoms with E-state index in [1.165, 1.54) is 11.3 Å². The molecule has 1 atom stereocenters. The molecule has 1 aromatic rings. The largest absolute Gasteiger partial charge is 0.378 e. The second kappa shape index (κ2) is 7.01. The molecule has 0 bridgehead atoms. The molecule has 1 rings (SSSR count). The van der Waals surface area contributed by atoms with Gasteiger partial charge in [0.25, 0.3) is 0 Å². The van der Waals surface area contributed by atoms with Gasteiger partial charge in [0.1, 0.15) is 0 Å². The molecule has 0 aliphatic rings. The molecule has 0 aliphatic heterocycles. The lowest BCUT2D eigenvalue weighted by molar-refractivity contribution is -0.120. The van der Waals surface area contributed by atoms with Crippen LogP contribution in [0, 0.1) is 0 Å². The summed E-state index contributed by atoms with van der Waals surface area (Å²) in [7, 11) is 5.71. The third kappa shape index (κ3) is 4.37. The fourth-order valence-electron chi connectivity index (χ4n) is 1.71. The van der Waals surface area contributed by atoms with E-state index in [0.717, 1.165) is 0 Å². The summed E-state index contributed by atoms with van der Waals surface area (Å²) in [6.07, 6.45) is 0.511. The summed E-state index contributed by atoms with van der Waals surface area (Å²) in [5, 5.41) is 5.95. The van der Waals surface area contributed by atoms with Gasteiger partial charge in [0.2, 0.25) is 5.91 Å². The summed E-state index contributed by atoms with van der Waals surface area (Å²) >= 11 is 0. The molecule has 0 spiro atoms. The van der Waals surface area contributed by atoms with Gasteiger partial charge in [0, 0.05) is 45.8 Å². The molecule has 0 aliphatic carbocycles. The van der Waals surface area contributed by atoms with E-state index in [4.69, 9.17) is 0 Å². The second-order valence-corrected chi connectivity index (χ2v) is 4.58. The van der Waals surface area contributed by atoms with E-state index in [9.17, 15) is 4.79 Å². The van der Waals surface area contributed by atoms with Crippen LogP contribution in [0.5, 0.6) is 0 Å². The Balaban J connectivity index is 2.46. The van der Waals surface area contributed by atoms with Crippen LogP contribution in [0.2, 0.25) is 0 Å². The first-order valence-corrected chi connectivity index (χ1v) is 6.26. The Hall–Kier alpha value is -1.55. The van der Waals surface area contributed by atoms with Crippen molar-refractivity contribution >= 4 is 11.6 Å². The third-order valence-electron chi connectivity index (χ3n) is 2.99. The highest BCUT2D eigenvalue weighted by molar-refractivity contribution is 5.75. The Morgan fingerprint density at radius 1 is 1.28 bits per heavy atom. The van der Waals surface area contributed by atoms with Gasteiger partial charge in [0.15, 0.2) is 0 Å². The minimum absolute atomic E-state index is 0.0673. The zero-order chi connectivity index (χ0) is 13.5. The van der Waals surface area contributed by atoms with Crippen LogP contribution in [-0.2, 0) is 4.79 Å². The van der Waals surface area contributed by atoms with E-state index in [1.54, 1.807) is 7.05 Å². The van der Waals surface area contributed by atoms with E-state index < -0.39 is 0 Å². The van der Waals surface area contributed by atoms with E-state index in [1.807, 2.05) is 14.1 Å². The molecule has 0 saturated carbocycles. The number of hydrogen-bond acceptors (Lipinski definition) is 3. The molecule has 2 N–H and O–H groups in total. The van der Waals surface area contributed by atoms with Gasteiger partial charge in [0.05, 0.1) is 0 Å². The summed E-state index contributed by atoms with van der Waals surface area (Å²) in [6, 6.07) is 8.70. The molecule has 4 heteroatoms. The Labute approximate surface area is 109 Å². The van der Waals surface area contributed by atoms with Crippen LogP contribution in [-0.4, -0.2) is 33.6 Å². The Morgan fingerprint density at radius 2 is 1.89 bits per heavy atom. The molecule has 100 valence electrons. The summed E-state index contributed by atoms with van der Waals surface area (Å²) in [6.45, 7) is 2.80. The minimum Gasteiger partial charge on any atom is -0.378 e. The Kier molecular flexibility index (Phi) is 5.65. The van der Waals surface area contributed by atoms with Crippen molar-refractivity contribution in [3.8, 4) is 0 Å². The monoisotopic (exact) mass is 249 g/mol. The fourth-order valence-corrected chi connectivity index (χ4v) is 1.71. The SMILES string of the molecule is CNC(=O)CCNC(C)c1ccc(N(C)C)cc1. The van der Waals surface area contributed by atoms with Gasteiger partial charge in [-0.2, -0.15) is 0 Å². The van der Waals surface area contributed by atoms with Crippen LogP contribution in [0.25, 0.3) is 0 Å². The van der Waals surface area contributed by atoms with Crippen LogP contribution in [0.15, 0.2) is 24.3 Å². The number of carbonyl (C=O) groups excluding carboxylic acids is 1. The highest BCUT2D eigenvalue weighted by atomic mass is 16.1. The zero-order valence-corrected chi connectivity index (χ0v) is 11.7. The predicted molar refractivity (Wildman–Crippen MR) is 75.9 cm³/mol. The molecular formula is C14H23N3O. The molecule has 0 radical (unpaired) electrons. The topological polar surface area (TPSA) is 44.4 Å². The summed E-state index contributed by atoms with van der Waals surface area (Å²) in [5.41, 5.74) is 2.42. The van der Waals surface area contributed by atoms with Crippen molar-refractivity contribution in [2.75, 3.05) is 32.6 Å². The average molecular weight is 249 g/mol. The maximum Gasteiger partial charge on any atom is 0.221 e. The standard InChI is InChI=1S/C14H23N3O/c1-11(16-10-9-14(18)15-2)12-5-7-13(8-6-12)17(3)4/h5-8,11,16H,9-10H2,1-4H3,(H,15,18). The van der Waals surface area contributed by atoms with Crippen LogP contribution in [0.1, 0.15) is 24.9 Å². The van der Waals surface area contributed by atoms with Crippen molar-refractivity contribution < 1.29 is 4.79 Å². The first-order chi connectivity index (χ1) is 8.54. The molecule has 0 fully saturated rings. The van der Waals surface area contributed by atoms with E-state index in [2.05, 4.69) is 46.7 Å². The van der Waals surface area contributed by atoms with Gasteiger partial charge in [-0.15, -0.1) is 0 Å². The maximum absolute atomic E-state index is 11.1. The van der Waals surface area contributed by atoms with E-state index in [0.29, 0.717) is 13.0 Å². The van der Waals surface area contributed by atoms with Crippen LogP contribution >= 0.6 is 0 Å². The van der Waals surface area contributed by atoms with Gasteiger partial charge < -0.3 is 15.5 Å². The molecule has 1 amide bonds. The van der Waals surface area contributed by atoms with Crippen molar-refractivity contribution in [1.29, 1.82) is 0 Å². The van der Waals surface area contributed by atoms with Gasteiger partial charge in [-0.05, 0) is 24.6 Å². The molecule has 18 heavy (non-hydrogen) atoms. The number of rotatable bonds is 6. The Morgan fingerprint density at radius 3 is 2.39 bits per heavy atom. The van der Waals surface area contributed by atoms with Crippen molar-refractivity contribution in [3.05, 3.63) is 29.8 Å². The van der Waals surface area contributed by atoms with Gasteiger partial charge >= 0.3 is 0 Å². The summed E-state index contributed by atoms with van der Waals surface area (Å²) in [4.78, 5) is 13.2. The lowest BCUT2D eigenvalue weighted by atomic mass is 10.1. The smallest absolute Gasteiger partial charge is 0.221 e. The van der Waals surface area contributed by atoms with Crippen molar-refractivity contribution in [2.24, 2.45) is 0 Å². The first-order valence-electron chi connectivity index (χ1n) is 6.26. The first kappa shape index (κ1) is 14.5. The highest BCUT2D eigenvalue weighted by Crippen LogP contribution is 2.17. The summed E-state index contributed by atoms with van der Waals surface area (Å²) in [5.74, 6) is 0.0673. The minimum atomic E-state index is 0.0673. The normalized spacial score (nSPS) is 12.0. The molecule has 0 aromatic heterocycles. The molecule has 1 aromatic carbocycles. The Bertz CT molecular complexity index is 373. The van der Waals surface area contributed by atoms with Crippen molar-refractivity contribution in [3.63, 3.8) is 0 Å². The number of benzene rings is 1. The van der Waals surface area contributed by atoms with Crippen LogP contribution in [0.4, 0.5) is 5.69 Å². The quantitative estimate of drug-likeness (QED) is 0.804. The zero-order valence-electron chi connectivity index (χ0n) is 11.7. The number of hydrogen-bond donors (Lipinski definition) is 2. The molecule has 4 nitrogen and oxygen atoms in total. The lowest BCUT2D eigenvalue weighted by Crippen LogP contribution is -2.26. The van der Waals surface area contributed by atoms with Gasteiger partial charge in [-0.3, -0.25) is 4.79 Å².